The summed E-state index contributed by atoms with van der Waals surface area (Å²) < 4.78 is 5.29. The third-order valence-corrected chi connectivity index (χ3v) is 6.88. The van der Waals surface area contributed by atoms with Gasteiger partial charge in [0.2, 0.25) is 5.91 Å². The number of nitrogens with one attached hydrogen (secondary N) is 2. The Morgan fingerprint density at radius 1 is 1.27 bits per heavy atom. The van der Waals surface area contributed by atoms with Crippen molar-refractivity contribution in [2.75, 3.05) is 19.0 Å². The highest BCUT2D eigenvalue weighted by molar-refractivity contribution is 5.81. The minimum Gasteiger partial charge on any atom is -0.496 e. The summed E-state index contributed by atoms with van der Waals surface area (Å²) in [7, 11) is 1.60. The zero-order valence-electron chi connectivity index (χ0n) is 19.4. The second-order valence-electron chi connectivity index (χ2n) is 9.30. The molecule has 4 rings (SSSR count). The van der Waals surface area contributed by atoms with E-state index in [2.05, 4.69) is 22.8 Å². The molecule has 1 aromatic heterocycles. The van der Waals surface area contributed by atoms with Crippen molar-refractivity contribution in [3.05, 3.63) is 52.7 Å². The number of amides is 1. The molecule has 1 aliphatic heterocycles. The number of pyridine rings is 1. The Morgan fingerprint density at radius 2 is 2.09 bits per heavy atom. The van der Waals surface area contributed by atoms with Crippen LogP contribution in [0.1, 0.15) is 60.5 Å². The number of fused-ring (bicyclic) bond motifs is 1. The van der Waals surface area contributed by atoms with Crippen LogP contribution < -0.4 is 15.4 Å². The first kappa shape index (κ1) is 23.1. The van der Waals surface area contributed by atoms with Gasteiger partial charge in [0.25, 0.3) is 0 Å². The van der Waals surface area contributed by atoms with E-state index in [4.69, 9.17) is 9.72 Å². The molecule has 2 heterocycles. The molecule has 0 radical (unpaired) electrons. The predicted octanol–water partition coefficient (Wildman–Crippen LogP) is 4.05. The summed E-state index contributed by atoms with van der Waals surface area (Å²) in [6.45, 7) is 2.90. The summed E-state index contributed by atoms with van der Waals surface area (Å²) in [6, 6.07) is 9.29. The Bertz CT molecular complexity index is 1020. The summed E-state index contributed by atoms with van der Waals surface area (Å²) in [4.78, 5) is 29.0. The molecule has 0 bridgehead atoms. The molecule has 1 aromatic carbocycles. The van der Waals surface area contributed by atoms with E-state index in [1.807, 2.05) is 25.1 Å². The van der Waals surface area contributed by atoms with E-state index in [1.54, 1.807) is 7.11 Å². The highest BCUT2D eigenvalue weighted by Gasteiger charge is 2.35. The predicted molar refractivity (Wildman–Crippen MR) is 126 cm³/mol. The topological polar surface area (TPSA) is 101 Å². The van der Waals surface area contributed by atoms with Crippen molar-refractivity contribution in [2.45, 2.75) is 57.9 Å². The molecule has 0 unspecified atom stereocenters. The number of aryl methyl sites for hydroxylation is 3. The minimum absolute atomic E-state index is 0.0520. The van der Waals surface area contributed by atoms with Crippen molar-refractivity contribution in [3.63, 3.8) is 0 Å². The van der Waals surface area contributed by atoms with Crippen LogP contribution in [0.3, 0.4) is 0 Å². The average Bonchev–Trinajstić information content (AvgIpc) is 2.77. The number of carboxylic acid groups (broad SMARTS) is 1. The zero-order chi connectivity index (χ0) is 23.4. The molecule has 1 atom stereocenters. The molecule has 1 fully saturated rings. The largest absolute Gasteiger partial charge is 0.496 e. The number of anilines is 1. The second kappa shape index (κ2) is 10.2. The molecular weight excluding hydrogens is 418 g/mol. The molecule has 7 nitrogen and oxygen atoms in total. The molecule has 2 aliphatic rings. The van der Waals surface area contributed by atoms with E-state index >= 15 is 0 Å². The van der Waals surface area contributed by atoms with E-state index < -0.39 is 12.0 Å². The number of hydrogen-bond donors (Lipinski definition) is 3. The van der Waals surface area contributed by atoms with E-state index in [0.29, 0.717) is 5.92 Å². The summed E-state index contributed by atoms with van der Waals surface area (Å²) in [6.07, 6.45) is 5.73. The van der Waals surface area contributed by atoms with Gasteiger partial charge in [-0.15, -0.1) is 0 Å². The van der Waals surface area contributed by atoms with E-state index in [0.717, 1.165) is 73.5 Å². The first-order valence-electron chi connectivity index (χ1n) is 11.8. The number of carbonyl (C=O) groups excluding carboxylic acids is 1. The number of nitrogens with zero attached hydrogens (tertiary/aromatic N) is 1. The van der Waals surface area contributed by atoms with Crippen LogP contribution in [-0.2, 0) is 22.4 Å². The molecule has 1 aliphatic carbocycles. The Kier molecular flexibility index (Phi) is 7.16. The fraction of sp³-hybridized carbons (Fsp3) is 0.500. The van der Waals surface area contributed by atoms with Gasteiger partial charge in [0.05, 0.1) is 19.6 Å². The van der Waals surface area contributed by atoms with Gasteiger partial charge in [0, 0.05) is 18.2 Å². The van der Waals surface area contributed by atoms with Gasteiger partial charge in [-0.2, -0.15) is 0 Å². The lowest BCUT2D eigenvalue weighted by Crippen LogP contribution is -2.41. The number of benzene rings is 1. The molecule has 176 valence electrons. The van der Waals surface area contributed by atoms with Gasteiger partial charge in [-0.05, 0) is 80.2 Å². The molecule has 0 spiro atoms. The highest BCUT2D eigenvalue weighted by Crippen LogP contribution is 2.38. The number of carbonyl (C=O) groups is 2. The molecule has 3 N–H and O–H groups in total. The number of aliphatic carboxylic acids is 1. The maximum atomic E-state index is 12.8. The summed E-state index contributed by atoms with van der Waals surface area (Å²) in [5, 5.41) is 15.7. The average molecular weight is 452 g/mol. The molecule has 0 saturated heterocycles. The van der Waals surface area contributed by atoms with Crippen LogP contribution in [-0.4, -0.2) is 35.6 Å². The van der Waals surface area contributed by atoms with E-state index in [1.165, 1.54) is 5.56 Å². The van der Waals surface area contributed by atoms with E-state index in [9.17, 15) is 14.7 Å². The first-order valence-corrected chi connectivity index (χ1v) is 11.8. The number of hydrogen-bond acceptors (Lipinski definition) is 5. The van der Waals surface area contributed by atoms with Gasteiger partial charge < -0.3 is 20.5 Å². The maximum absolute atomic E-state index is 12.8. The Labute approximate surface area is 195 Å². The molecular formula is C26H33N3O4. The van der Waals surface area contributed by atoms with Crippen molar-refractivity contribution >= 4 is 17.7 Å². The van der Waals surface area contributed by atoms with Crippen molar-refractivity contribution in [3.8, 4) is 5.75 Å². The van der Waals surface area contributed by atoms with Gasteiger partial charge in [-0.25, -0.2) is 4.98 Å². The SMILES string of the molecule is COc1ccc([C@H](CC(=O)O)NC(=O)C2CC(CCc3ccc4c(n3)NCCC4)C2)cc1C. The quantitative estimate of drug-likeness (QED) is 0.532. The molecule has 1 amide bonds. The Balaban J connectivity index is 1.28. The van der Waals surface area contributed by atoms with Crippen molar-refractivity contribution < 1.29 is 19.4 Å². The third-order valence-electron chi connectivity index (χ3n) is 6.88. The van der Waals surface area contributed by atoms with Gasteiger partial charge in [0.15, 0.2) is 0 Å². The number of methoxy groups -OCH3 is 1. The number of carboxylic acids is 1. The lowest BCUT2D eigenvalue weighted by Gasteiger charge is -2.35. The molecule has 33 heavy (non-hydrogen) atoms. The van der Waals surface area contributed by atoms with Crippen LogP contribution >= 0.6 is 0 Å². The summed E-state index contributed by atoms with van der Waals surface area (Å²) in [5.41, 5.74) is 4.10. The maximum Gasteiger partial charge on any atom is 0.305 e. The van der Waals surface area contributed by atoms with E-state index in [-0.39, 0.29) is 18.2 Å². The van der Waals surface area contributed by atoms with Gasteiger partial charge in [-0.1, -0.05) is 18.2 Å². The van der Waals surface area contributed by atoms with Crippen molar-refractivity contribution in [1.29, 1.82) is 0 Å². The van der Waals surface area contributed by atoms with Crippen LogP contribution in [0, 0.1) is 18.8 Å². The van der Waals surface area contributed by atoms with Crippen molar-refractivity contribution in [2.24, 2.45) is 11.8 Å². The molecule has 2 aromatic rings. The van der Waals surface area contributed by atoms with Crippen LogP contribution in [0.4, 0.5) is 5.82 Å². The van der Waals surface area contributed by atoms with Crippen molar-refractivity contribution in [1.82, 2.24) is 10.3 Å². The van der Waals surface area contributed by atoms with Gasteiger partial charge >= 0.3 is 5.97 Å². The monoisotopic (exact) mass is 451 g/mol. The number of aromatic nitrogens is 1. The van der Waals surface area contributed by atoms with Crippen LogP contribution in [0.5, 0.6) is 5.75 Å². The van der Waals surface area contributed by atoms with Gasteiger partial charge in [-0.3, -0.25) is 9.59 Å². The second-order valence-corrected chi connectivity index (χ2v) is 9.30. The van der Waals surface area contributed by atoms with Crippen LogP contribution in [0.15, 0.2) is 30.3 Å². The fourth-order valence-corrected chi connectivity index (χ4v) is 4.88. The standard InChI is InChI=1S/C26H33N3O4/c1-16-12-19(7-10-23(16)33-2)22(15-24(30)31)29-26(32)20-13-17(14-20)5-8-21-9-6-18-4-3-11-27-25(18)28-21/h6-7,9-10,12,17,20,22H,3-5,8,11,13-15H2,1-2H3,(H,27,28)(H,29,32)(H,30,31)/t17?,20?,22-/m0/s1. The molecule has 7 heteroatoms. The first-order chi connectivity index (χ1) is 15.9. The highest BCUT2D eigenvalue weighted by atomic mass is 16.5. The van der Waals surface area contributed by atoms with Gasteiger partial charge in [0.1, 0.15) is 11.6 Å². The Hall–Kier alpha value is -3.09. The summed E-state index contributed by atoms with van der Waals surface area (Å²) in [5.74, 6) is 1.24. The number of ether oxygens (including phenoxy) is 1. The molecule has 1 saturated carbocycles. The third kappa shape index (κ3) is 5.64. The van der Waals surface area contributed by atoms with Crippen LogP contribution in [0.2, 0.25) is 0 Å². The fourth-order valence-electron chi connectivity index (χ4n) is 4.88. The summed E-state index contributed by atoms with van der Waals surface area (Å²) >= 11 is 0. The lowest BCUT2D eigenvalue weighted by molar-refractivity contribution is -0.138. The zero-order valence-corrected chi connectivity index (χ0v) is 19.4. The number of rotatable bonds is 9. The smallest absolute Gasteiger partial charge is 0.305 e. The normalized spacial score (nSPS) is 20.1. The van der Waals surface area contributed by atoms with Crippen LogP contribution in [0.25, 0.3) is 0 Å². The Morgan fingerprint density at radius 3 is 2.82 bits per heavy atom. The minimum atomic E-state index is -0.938. The lowest BCUT2D eigenvalue weighted by atomic mass is 9.72.